The topological polar surface area (TPSA) is 40.2 Å². The molecule has 0 unspecified atom stereocenters. The minimum atomic E-state index is -4.40. The van der Waals surface area contributed by atoms with E-state index in [4.69, 9.17) is 32.4 Å². The molecule has 28 heavy (non-hydrogen) atoms. The zero-order valence-corrected chi connectivity index (χ0v) is 15.8. The van der Waals surface area contributed by atoms with Gasteiger partial charge >= 0.3 is 6.18 Å². The number of hydrogen-bond acceptors (Lipinski definition) is 3. The number of furan rings is 1. The summed E-state index contributed by atoms with van der Waals surface area (Å²) in [6, 6.07) is 12.1. The van der Waals surface area contributed by atoms with Gasteiger partial charge in [-0.3, -0.25) is 0 Å². The van der Waals surface area contributed by atoms with Crippen molar-refractivity contribution in [2.24, 2.45) is 0 Å². The fraction of sp³-hybridized carbons (Fsp3) is 0.211. The summed E-state index contributed by atoms with van der Waals surface area (Å²) in [6.45, 7) is 0.229. The first-order valence-corrected chi connectivity index (χ1v) is 9.08. The summed E-state index contributed by atoms with van der Waals surface area (Å²) in [6.07, 6.45) is -5.56. The molecule has 0 bridgehead atoms. The number of imidazole rings is 1. The van der Waals surface area contributed by atoms with E-state index < -0.39 is 12.6 Å². The Kier molecular flexibility index (Phi) is 4.89. The van der Waals surface area contributed by atoms with Gasteiger partial charge in [-0.25, -0.2) is 4.98 Å². The summed E-state index contributed by atoms with van der Waals surface area (Å²) in [5, 5.41) is 1.35. The molecule has 2 aromatic heterocycles. The lowest BCUT2D eigenvalue weighted by Gasteiger charge is -2.11. The lowest BCUT2D eigenvalue weighted by atomic mass is 10.3. The predicted molar refractivity (Wildman–Crippen MR) is 101 cm³/mol. The Bertz CT molecular complexity index is 1120. The molecule has 0 saturated carbocycles. The molecule has 0 atom stereocenters. The zero-order chi connectivity index (χ0) is 19.9. The van der Waals surface area contributed by atoms with Crippen molar-refractivity contribution in [2.45, 2.75) is 19.1 Å². The normalized spacial score (nSPS) is 12.2. The number of hydrogen-bond donors (Lipinski definition) is 0. The Hall–Kier alpha value is -2.38. The summed E-state index contributed by atoms with van der Waals surface area (Å²) in [4.78, 5) is 4.08. The van der Waals surface area contributed by atoms with E-state index in [9.17, 15) is 13.2 Å². The highest BCUT2D eigenvalue weighted by atomic mass is 35.5. The predicted octanol–water partition coefficient (Wildman–Crippen LogP) is 6.27. The highest BCUT2D eigenvalue weighted by molar-refractivity contribution is 6.42. The van der Waals surface area contributed by atoms with Crippen molar-refractivity contribution >= 4 is 45.2 Å². The number of halogens is 5. The Labute approximate surface area is 167 Å². The lowest BCUT2D eigenvalue weighted by Crippen LogP contribution is -2.18. The van der Waals surface area contributed by atoms with Crippen LogP contribution in [-0.4, -0.2) is 22.3 Å². The van der Waals surface area contributed by atoms with Gasteiger partial charge in [0, 0.05) is 11.5 Å². The van der Waals surface area contributed by atoms with Gasteiger partial charge in [-0.05, 0) is 18.2 Å². The van der Waals surface area contributed by atoms with E-state index in [-0.39, 0.29) is 29.0 Å². The van der Waals surface area contributed by atoms with Crippen LogP contribution in [0.2, 0.25) is 10.0 Å². The molecular weight excluding hydrogens is 416 g/mol. The van der Waals surface area contributed by atoms with E-state index >= 15 is 0 Å². The van der Waals surface area contributed by atoms with E-state index in [0.717, 1.165) is 5.39 Å². The molecule has 9 heteroatoms. The summed E-state index contributed by atoms with van der Waals surface area (Å²) < 4.78 is 51.5. The molecule has 0 spiro atoms. The van der Waals surface area contributed by atoms with Gasteiger partial charge < -0.3 is 13.7 Å². The van der Waals surface area contributed by atoms with Crippen LogP contribution in [0.15, 0.2) is 46.9 Å². The second-order valence-corrected chi connectivity index (χ2v) is 6.99. The number of para-hydroxylation sites is 1. The Morgan fingerprint density at radius 3 is 2.57 bits per heavy atom. The van der Waals surface area contributed by atoms with Crippen LogP contribution in [0.1, 0.15) is 5.82 Å². The quantitative estimate of drug-likeness (QED) is 0.375. The van der Waals surface area contributed by atoms with Gasteiger partial charge in [0.25, 0.3) is 5.95 Å². The SMILES string of the molecule is FC(F)(F)Cc1nc2cc(Cl)c(Cl)cc2n1CCOc1cc2ccccc2o1. The summed E-state index contributed by atoms with van der Waals surface area (Å²) in [7, 11) is 0. The molecule has 0 fully saturated rings. The number of alkyl halides is 3. The smallest absolute Gasteiger partial charge is 0.396 e. The summed E-state index contributed by atoms with van der Waals surface area (Å²) in [5.41, 5.74) is 1.48. The van der Waals surface area contributed by atoms with Gasteiger partial charge in [0.05, 0.1) is 27.6 Å². The molecule has 0 aliphatic rings. The second kappa shape index (κ2) is 7.22. The van der Waals surface area contributed by atoms with Gasteiger partial charge in [-0.2, -0.15) is 13.2 Å². The number of benzene rings is 2. The highest BCUT2D eigenvalue weighted by Gasteiger charge is 2.31. The first kappa shape index (κ1) is 19.0. The first-order valence-electron chi connectivity index (χ1n) is 8.32. The van der Waals surface area contributed by atoms with Gasteiger partial charge in [0.15, 0.2) is 0 Å². The van der Waals surface area contributed by atoms with Crippen LogP contribution >= 0.6 is 23.2 Å². The fourth-order valence-electron chi connectivity index (χ4n) is 3.00. The maximum atomic E-state index is 13.0. The lowest BCUT2D eigenvalue weighted by molar-refractivity contribution is -0.128. The van der Waals surface area contributed by atoms with E-state index in [1.165, 1.54) is 16.7 Å². The molecule has 146 valence electrons. The van der Waals surface area contributed by atoms with Crippen LogP contribution in [-0.2, 0) is 13.0 Å². The average Bonchev–Trinajstić information content (AvgIpc) is 3.15. The Balaban J connectivity index is 1.60. The molecule has 0 aliphatic carbocycles. The molecule has 4 rings (SSSR count). The molecule has 0 N–H and O–H groups in total. The zero-order valence-electron chi connectivity index (χ0n) is 14.3. The van der Waals surface area contributed by atoms with Crippen LogP contribution < -0.4 is 4.74 Å². The van der Waals surface area contributed by atoms with Crippen molar-refractivity contribution in [2.75, 3.05) is 6.61 Å². The monoisotopic (exact) mass is 428 g/mol. The van der Waals surface area contributed by atoms with Crippen molar-refractivity contribution in [3.63, 3.8) is 0 Å². The van der Waals surface area contributed by atoms with E-state index in [2.05, 4.69) is 4.98 Å². The van der Waals surface area contributed by atoms with Crippen molar-refractivity contribution in [1.29, 1.82) is 0 Å². The molecule has 4 nitrogen and oxygen atoms in total. The van der Waals surface area contributed by atoms with Gasteiger partial charge in [0.1, 0.15) is 24.4 Å². The van der Waals surface area contributed by atoms with Crippen molar-refractivity contribution in [1.82, 2.24) is 9.55 Å². The maximum Gasteiger partial charge on any atom is 0.396 e. The number of nitrogens with zero attached hydrogens (tertiary/aromatic N) is 2. The fourth-order valence-corrected chi connectivity index (χ4v) is 3.32. The van der Waals surface area contributed by atoms with E-state index in [1.807, 2.05) is 18.2 Å². The largest absolute Gasteiger partial charge is 0.463 e. The van der Waals surface area contributed by atoms with Gasteiger partial charge in [-0.1, -0.05) is 41.4 Å². The maximum absolute atomic E-state index is 13.0. The molecule has 0 aliphatic heterocycles. The van der Waals surface area contributed by atoms with Crippen LogP contribution in [0, 0.1) is 0 Å². The van der Waals surface area contributed by atoms with E-state index in [1.54, 1.807) is 12.1 Å². The van der Waals surface area contributed by atoms with Crippen molar-refractivity contribution in [3.05, 3.63) is 58.3 Å². The molecule has 0 amide bonds. The Morgan fingerprint density at radius 1 is 1.07 bits per heavy atom. The van der Waals surface area contributed by atoms with Crippen molar-refractivity contribution < 1.29 is 22.3 Å². The van der Waals surface area contributed by atoms with Gasteiger partial charge in [0.2, 0.25) is 0 Å². The molecule has 4 aromatic rings. The minimum absolute atomic E-state index is 0.0936. The van der Waals surface area contributed by atoms with Crippen LogP contribution in [0.25, 0.3) is 22.0 Å². The molecule has 0 radical (unpaired) electrons. The third-order valence-corrected chi connectivity index (χ3v) is 4.91. The number of rotatable bonds is 5. The molecule has 2 aromatic carbocycles. The summed E-state index contributed by atoms with van der Waals surface area (Å²) in [5.74, 6) is 0.165. The highest BCUT2D eigenvalue weighted by Crippen LogP contribution is 2.31. The minimum Gasteiger partial charge on any atom is -0.463 e. The van der Waals surface area contributed by atoms with Crippen LogP contribution in [0.5, 0.6) is 5.95 Å². The van der Waals surface area contributed by atoms with Gasteiger partial charge in [-0.15, -0.1) is 0 Å². The van der Waals surface area contributed by atoms with Crippen LogP contribution in [0.3, 0.4) is 0 Å². The average molecular weight is 429 g/mol. The number of aromatic nitrogens is 2. The molecule has 0 saturated heterocycles. The van der Waals surface area contributed by atoms with E-state index in [0.29, 0.717) is 22.6 Å². The molecular formula is C19H13Cl2F3N2O2. The molecule has 2 heterocycles. The Morgan fingerprint density at radius 2 is 1.82 bits per heavy atom. The third-order valence-electron chi connectivity index (χ3n) is 4.19. The number of ether oxygens (including phenoxy) is 1. The second-order valence-electron chi connectivity index (χ2n) is 6.18. The van der Waals surface area contributed by atoms with Crippen molar-refractivity contribution in [3.8, 4) is 5.95 Å². The standard InChI is InChI=1S/C19H13Cl2F3N2O2/c20-12-8-14-15(9-13(12)21)26(17(25-14)10-19(22,23)24)5-6-27-18-7-11-3-1-2-4-16(11)28-18/h1-4,7-9H,5-6,10H2. The van der Waals surface area contributed by atoms with Crippen LogP contribution in [0.4, 0.5) is 13.2 Å². The number of fused-ring (bicyclic) bond motifs is 2. The third kappa shape index (κ3) is 3.91. The first-order chi connectivity index (χ1) is 13.3. The summed E-state index contributed by atoms with van der Waals surface area (Å²) >= 11 is 12.0.